The number of fused-ring (bicyclic) bond motifs is 4. The minimum Gasteiger partial charge on any atom is -0.490 e. The van der Waals surface area contributed by atoms with Crippen LogP contribution in [-0.2, 0) is 9.53 Å². The number of primary amides is 1. The Balaban J connectivity index is 1.67. The fourth-order valence-corrected chi connectivity index (χ4v) is 5.02. The van der Waals surface area contributed by atoms with Gasteiger partial charge in [-0.1, -0.05) is 12.1 Å². The zero-order valence-corrected chi connectivity index (χ0v) is 16.4. The average molecular weight is 374 g/mol. The number of carbonyl (C=O) groups excluding carboxylic acids is 1. The van der Waals surface area contributed by atoms with E-state index in [9.17, 15) is 4.79 Å². The van der Waals surface area contributed by atoms with Crippen LogP contribution in [0.15, 0.2) is 18.2 Å². The highest BCUT2D eigenvalue weighted by Crippen LogP contribution is 2.54. The zero-order chi connectivity index (χ0) is 19.2. The number of rotatable bonds is 4. The first-order valence-corrected chi connectivity index (χ1v) is 10.0. The fraction of sp³-hybridized carbons (Fsp3) is 0.667. The van der Waals surface area contributed by atoms with Crippen molar-refractivity contribution in [2.45, 2.75) is 63.9 Å². The Bertz CT molecular complexity index is 720. The van der Waals surface area contributed by atoms with Crippen molar-refractivity contribution in [2.75, 3.05) is 19.7 Å². The van der Waals surface area contributed by atoms with Crippen LogP contribution in [-0.4, -0.2) is 48.3 Å². The van der Waals surface area contributed by atoms with Gasteiger partial charge in [-0.25, -0.2) is 0 Å². The van der Waals surface area contributed by atoms with E-state index in [1.165, 1.54) is 0 Å². The molecule has 4 atom stereocenters. The molecule has 2 saturated heterocycles. The molecule has 2 fully saturated rings. The summed E-state index contributed by atoms with van der Waals surface area (Å²) in [4.78, 5) is 13.7. The summed E-state index contributed by atoms with van der Waals surface area (Å²) in [6.45, 7) is 8.03. The summed E-state index contributed by atoms with van der Waals surface area (Å²) in [5, 5.41) is 0. The van der Waals surface area contributed by atoms with Gasteiger partial charge in [-0.05, 0) is 52.6 Å². The number of hydrogen-bond donors (Lipinski definition) is 1. The molecule has 0 aromatic heterocycles. The largest absolute Gasteiger partial charge is 0.490 e. The Morgan fingerprint density at radius 2 is 2.22 bits per heavy atom. The summed E-state index contributed by atoms with van der Waals surface area (Å²) in [6.07, 6.45) is 3.09. The molecule has 0 unspecified atom stereocenters. The molecule has 0 aliphatic carbocycles. The summed E-state index contributed by atoms with van der Waals surface area (Å²) in [5.41, 5.74) is 6.17. The second-order valence-corrected chi connectivity index (χ2v) is 8.40. The van der Waals surface area contributed by atoms with E-state index < -0.39 is 0 Å². The van der Waals surface area contributed by atoms with Gasteiger partial charge in [-0.3, -0.25) is 9.69 Å². The van der Waals surface area contributed by atoms with E-state index in [0.29, 0.717) is 13.2 Å². The van der Waals surface area contributed by atoms with Gasteiger partial charge >= 0.3 is 0 Å². The first-order valence-electron chi connectivity index (χ1n) is 10.0. The smallest absolute Gasteiger partial charge is 0.231 e. The quantitative estimate of drug-likeness (QED) is 0.877. The number of para-hydroxylation sites is 1. The Morgan fingerprint density at radius 3 is 2.96 bits per heavy atom. The van der Waals surface area contributed by atoms with Crippen molar-refractivity contribution in [2.24, 2.45) is 11.7 Å². The van der Waals surface area contributed by atoms with Crippen LogP contribution in [0.4, 0.5) is 0 Å². The third-order valence-corrected chi connectivity index (χ3v) is 6.25. The maximum absolute atomic E-state index is 11.5. The summed E-state index contributed by atoms with van der Waals surface area (Å²) in [7, 11) is 0. The molecule has 4 rings (SSSR count). The van der Waals surface area contributed by atoms with Crippen molar-refractivity contribution in [1.29, 1.82) is 0 Å². The summed E-state index contributed by atoms with van der Waals surface area (Å²) in [6, 6.07) is 6.28. The van der Waals surface area contributed by atoms with Gasteiger partial charge in [0.05, 0.1) is 25.4 Å². The monoisotopic (exact) mass is 374 g/mol. The van der Waals surface area contributed by atoms with Crippen molar-refractivity contribution in [3.8, 4) is 11.5 Å². The van der Waals surface area contributed by atoms with Crippen LogP contribution in [0.25, 0.3) is 0 Å². The van der Waals surface area contributed by atoms with Crippen LogP contribution >= 0.6 is 0 Å². The Morgan fingerprint density at radius 1 is 1.41 bits per heavy atom. The van der Waals surface area contributed by atoms with E-state index in [4.69, 9.17) is 19.9 Å². The molecule has 3 aliphatic rings. The molecule has 27 heavy (non-hydrogen) atoms. The van der Waals surface area contributed by atoms with Crippen LogP contribution in [0, 0.1) is 5.92 Å². The van der Waals surface area contributed by atoms with Crippen LogP contribution < -0.4 is 15.2 Å². The lowest BCUT2D eigenvalue weighted by Gasteiger charge is -2.54. The van der Waals surface area contributed by atoms with E-state index >= 15 is 0 Å². The molecule has 6 heteroatoms. The van der Waals surface area contributed by atoms with Crippen molar-refractivity contribution >= 4 is 5.91 Å². The number of hydrogen-bond acceptors (Lipinski definition) is 5. The number of nitrogens with two attached hydrogens (primary N) is 1. The molecule has 0 spiro atoms. The van der Waals surface area contributed by atoms with Crippen molar-refractivity contribution in [3.05, 3.63) is 23.8 Å². The minimum absolute atomic E-state index is 0.0149. The maximum Gasteiger partial charge on any atom is 0.231 e. The topological polar surface area (TPSA) is 74.0 Å². The van der Waals surface area contributed by atoms with E-state index in [0.717, 1.165) is 42.9 Å². The summed E-state index contributed by atoms with van der Waals surface area (Å²) < 4.78 is 18.9. The molecule has 0 bridgehead atoms. The third kappa shape index (κ3) is 3.29. The number of likely N-dealkylation sites (tertiary alicyclic amines) is 1. The Hall–Kier alpha value is -1.79. The second-order valence-electron chi connectivity index (χ2n) is 8.40. The van der Waals surface area contributed by atoms with Crippen LogP contribution in [0.2, 0.25) is 0 Å². The molecular formula is C21H30N2O4. The van der Waals surface area contributed by atoms with Gasteiger partial charge < -0.3 is 19.9 Å². The van der Waals surface area contributed by atoms with E-state index in [-0.39, 0.29) is 35.7 Å². The molecule has 0 saturated carbocycles. The molecule has 3 aliphatic heterocycles. The third-order valence-electron chi connectivity index (χ3n) is 6.25. The lowest BCUT2D eigenvalue weighted by molar-refractivity contribution is -0.189. The van der Waals surface area contributed by atoms with Gasteiger partial charge in [0.1, 0.15) is 5.60 Å². The highest BCUT2D eigenvalue weighted by Gasteiger charge is 2.52. The average Bonchev–Trinajstić information content (AvgIpc) is 2.61. The molecule has 1 aromatic carbocycles. The van der Waals surface area contributed by atoms with Gasteiger partial charge in [-0.2, -0.15) is 0 Å². The number of ether oxygens (including phenoxy) is 3. The molecule has 2 N–H and O–H groups in total. The van der Waals surface area contributed by atoms with Gasteiger partial charge in [0.2, 0.25) is 5.91 Å². The molecule has 3 heterocycles. The highest BCUT2D eigenvalue weighted by molar-refractivity contribution is 5.76. The van der Waals surface area contributed by atoms with Crippen LogP contribution in [0.3, 0.4) is 0 Å². The second kappa shape index (κ2) is 6.99. The van der Waals surface area contributed by atoms with Gasteiger partial charge in [0.25, 0.3) is 0 Å². The molecule has 6 nitrogen and oxygen atoms in total. The number of nitrogens with zero attached hydrogens (tertiary/aromatic N) is 1. The highest BCUT2D eigenvalue weighted by atomic mass is 16.5. The lowest BCUT2D eigenvalue weighted by atomic mass is 9.72. The zero-order valence-electron chi connectivity index (χ0n) is 16.4. The predicted octanol–water partition coefficient (Wildman–Crippen LogP) is 2.65. The Labute approximate surface area is 160 Å². The SMILES string of the molecule is CCOc1cccc2c1OC(C)(C)[C@H]1C[C@H]3[C@H](CCCN3CC(N)=O)O[C@H]21. The maximum atomic E-state index is 11.5. The molecule has 0 radical (unpaired) electrons. The fourth-order valence-electron chi connectivity index (χ4n) is 5.02. The van der Waals surface area contributed by atoms with Gasteiger partial charge in [0.15, 0.2) is 11.5 Å². The van der Waals surface area contributed by atoms with Crippen molar-refractivity contribution in [3.63, 3.8) is 0 Å². The lowest BCUT2D eigenvalue weighted by Crippen LogP contribution is -2.59. The first kappa shape index (κ1) is 18.6. The summed E-state index contributed by atoms with van der Waals surface area (Å²) >= 11 is 0. The number of amides is 1. The number of piperidine rings is 1. The normalized spacial score (nSPS) is 31.8. The summed E-state index contributed by atoms with van der Waals surface area (Å²) in [5.74, 6) is 1.53. The van der Waals surface area contributed by atoms with Gasteiger partial charge in [0, 0.05) is 17.5 Å². The van der Waals surface area contributed by atoms with E-state index in [2.05, 4.69) is 24.8 Å². The van der Waals surface area contributed by atoms with Crippen LogP contribution in [0.1, 0.15) is 51.7 Å². The molecule has 1 amide bonds. The van der Waals surface area contributed by atoms with Crippen molar-refractivity contribution < 1.29 is 19.0 Å². The van der Waals surface area contributed by atoms with E-state index in [1.807, 2.05) is 19.1 Å². The van der Waals surface area contributed by atoms with Crippen LogP contribution in [0.5, 0.6) is 11.5 Å². The molecular weight excluding hydrogens is 344 g/mol. The first-order chi connectivity index (χ1) is 12.9. The standard InChI is InChI=1S/C21H30N2O4/c1-4-25-17-8-5-7-13-19-14(21(2,3)27-20(13)17)11-15-16(26-19)9-6-10-23(15)12-18(22)24/h5,7-8,14-16,19H,4,6,9-12H2,1-3H3,(H2,22,24)/t14-,15-,16-,19+/m0/s1. The van der Waals surface area contributed by atoms with Crippen molar-refractivity contribution in [1.82, 2.24) is 4.90 Å². The minimum atomic E-state index is -0.383. The molecule has 1 aromatic rings. The predicted molar refractivity (Wildman–Crippen MR) is 102 cm³/mol. The van der Waals surface area contributed by atoms with Gasteiger partial charge in [-0.15, -0.1) is 0 Å². The Kier molecular flexibility index (Phi) is 4.80. The molecule has 148 valence electrons. The van der Waals surface area contributed by atoms with E-state index in [1.54, 1.807) is 0 Å². The number of carbonyl (C=O) groups is 1. The number of benzene rings is 1.